The van der Waals surface area contributed by atoms with Crippen LogP contribution in [-0.2, 0) is 9.59 Å². The molecule has 1 saturated heterocycles. The van der Waals surface area contributed by atoms with Crippen LogP contribution in [0.25, 0.3) is 0 Å². The Kier molecular flexibility index (Phi) is 7.85. The van der Waals surface area contributed by atoms with Crippen molar-refractivity contribution in [2.24, 2.45) is 11.8 Å². The molecule has 1 heterocycles. The standard InChI is InChI=1S/C32H27ClN2O6/c1-19-7-10-22(11-8-19)32(40)41-23-14-12-21(13-15-23)28(36)18-34(29(37)25-5-3-4-6-27(25)33)35-30(38)24-16-9-20(2)17-26(24)31(35)39/h3-15,24,26H,16-18H2,1-2H3/t24-,26-/m0/s1. The minimum Gasteiger partial charge on any atom is -0.423 e. The lowest BCUT2D eigenvalue weighted by Gasteiger charge is -2.30. The van der Waals surface area contributed by atoms with Crippen LogP contribution in [0.3, 0.4) is 0 Å². The Balaban J connectivity index is 1.38. The van der Waals surface area contributed by atoms with Gasteiger partial charge in [0.25, 0.3) is 17.7 Å². The average Bonchev–Trinajstić information content (AvgIpc) is 3.20. The third-order valence-electron chi connectivity index (χ3n) is 7.35. The van der Waals surface area contributed by atoms with Crippen molar-refractivity contribution in [1.29, 1.82) is 0 Å². The van der Waals surface area contributed by atoms with Gasteiger partial charge in [0.2, 0.25) is 0 Å². The van der Waals surface area contributed by atoms with E-state index in [0.29, 0.717) is 18.4 Å². The number of nitrogens with zero attached hydrogens (tertiary/aromatic N) is 2. The minimum absolute atomic E-state index is 0.0603. The zero-order valence-corrected chi connectivity index (χ0v) is 23.3. The number of ether oxygens (including phenoxy) is 1. The monoisotopic (exact) mass is 570 g/mol. The fraction of sp³-hybridized carbons (Fsp3) is 0.219. The Hall–Kier alpha value is -4.56. The molecule has 1 fully saturated rings. The lowest BCUT2D eigenvalue weighted by molar-refractivity contribution is -0.154. The molecular weight excluding hydrogens is 544 g/mol. The van der Waals surface area contributed by atoms with Crippen molar-refractivity contribution in [3.63, 3.8) is 0 Å². The van der Waals surface area contributed by atoms with Crippen LogP contribution in [-0.4, -0.2) is 46.0 Å². The Morgan fingerprint density at radius 1 is 0.878 bits per heavy atom. The first-order chi connectivity index (χ1) is 19.6. The Bertz CT molecular complexity index is 1580. The summed E-state index contributed by atoms with van der Waals surface area (Å²) in [6.45, 7) is 3.24. The molecule has 2 aliphatic rings. The predicted molar refractivity (Wildman–Crippen MR) is 151 cm³/mol. The number of benzene rings is 3. The molecule has 8 nitrogen and oxygen atoms in total. The number of aryl methyl sites for hydroxylation is 1. The molecule has 3 amide bonds. The summed E-state index contributed by atoms with van der Waals surface area (Å²) in [5, 5.41) is 1.85. The molecule has 0 radical (unpaired) electrons. The number of esters is 1. The summed E-state index contributed by atoms with van der Waals surface area (Å²) in [5.41, 5.74) is 2.65. The molecule has 3 aromatic rings. The molecule has 3 aromatic carbocycles. The van der Waals surface area contributed by atoms with E-state index < -0.39 is 47.9 Å². The quantitative estimate of drug-likeness (QED) is 0.123. The van der Waals surface area contributed by atoms with E-state index in [1.807, 2.05) is 19.9 Å². The summed E-state index contributed by atoms with van der Waals surface area (Å²) in [7, 11) is 0. The lowest BCUT2D eigenvalue weighted by Crippen LogP contribution is -2.52. The number of carbonyl (C=O) groups excluding carboxylic acids is 5. The molecule has 0 bridgehead atoms. The molecule has 1 aliphatic heterocycles. The maximum atomic E-state index is 13.7. The number of fused-ring (bicyclic) bond motifs is 1. The lowest BCUT2D eigenvalue weighted by atomic mass is 9.82. The summed E-state index contributed by atoms with van der Waals surface area (Å²) in [5.74, 6) is -3.79. The van der Waals surface area contributed by atoms with E-state index in [-0.39, 0.29) is 21.9 Å². The number of hydrogen-bond donors (Lipinski definition) is 0. The van der Waals surface area contributed by atoms with E-state index in [4.69, 9.17) is 16.3 Å². The van der Waals surface area contributed by atoms with Crippen molar-refractivity contribution in [1.82, 2.24) is 10.0 Å². The van der Waals surface area contributed by atoms with Gasteiger partial charge in [-0.1, -0.05) is 53.1 Å². The number of amides is 3. The molecule has 5 rings (SSSR count). The number of Topliss-reactive ketones (excluding diaryl/α,β-unsaturated/α-hetero) is 1. The van der Waals surface area contributed by atoms with Gasteiger partial charge >= 0.3 is 5.97 Å². The maximum absolute atomic E-state index is 13.7. The van der Waals surface area contributed by atoms with Gasteiger partial charge in [0.05, 0.1) is 28.0 Å². The van der Waals surface area contributed by atoms with E-state index in [1.165, 1.54) is 36.4 Å². The number of allylic oxidation sites excluding steroid dienone is 2. The van der Waals surface area contributed by atoms with E-state index in [0.717, 1.165) is 21.2 Å². The number of halogens is 1. The van der Waals surface area contributed by atoms with Crippen LogP contribution < -0.4 is 4.74 Å². The Labute approximate surface area is 242 Å². The van der Waals surface area contributed by atoms with Gasteiger partial charge in [0, 0.05) is 5.56 Å². The van der Waals surface area contributed by atoms with Crippen LogP contribution in [0.2, 0.25) is 5.02 Å². The third kappa shape index (κ3) is 5.69. The summed E-state index contributed by atoms with van der Waals surface area (Å²) >= 11 is 6.28. The molecule has 2 atom stereocenters. The topological polar surface area (TPSA) is 101 Å². The first kappa shape index (κ1) is 28.0. The van der Waals surface area contributed by atoms with E-state index in [1.54, 1.807) is 36.4 Å². The summed E-state index contributed by atoms with van der Waals surface area (Å²) < 4.78 is 5.41. The van der Waals surface area contributed by atoms with E-state index in [9.17, 15) is 24.0 Å². The van der Waals surface area contributed by atoms with Crippen molar-refractivity contribution in [3.8, 4) is 5.75 Å². The molecule has 208 valence electrons. The first-order valence-electron chi connectivity index (χ1n) is 13.2. The summed E-state index contributed by atoms with van der Waals surface area (Å²) in [6, 6.07) is 19.0. The van der Waals surface area contributed by atoms with E-state index >= 15 is 0 Å². The van der Waals surface area contributed by atoms with Crippen molar-refractivity contribution >= 4 is 41.1 Å². The molecule has 0 saturated carbocycles. The highest BCUT2D eigenvalue weighted by atomic mass is 35.5. The number of rotatable bonds is 7. The van der Waals surface area contributed by atoms with Crippen LogP contribution in [0.15, 0.2) is 84.4 Å². The van der Waals surface area contributed by atoms with Gasteiger partial charge in [-0.15, -0.1) is 0 Å². The molecule has 41 heavy (non-hydrogen) atoms. The number of imide groups is 1. The number of carbonyl (C=O) groups is 5. The van der Waals surface area contributed by atoms with E-state index in [2.05, 4.69) is 0 Å². The van der Waals surface area contributed by atoms with Gasteiger partial charge in [-0.3, -0.25) is 19.2 Å². The van der Waals surface area contributed by atoms with Gasteiger partial charge in [0.1, 0.15) is 12.3 Å². The first-order valence-corrected chi connectivity index (χ1v) is 13.5. The van der Waals surface area contributed by atoms with Gasteiger partial charge < -0.3 is 4.74 Å². The van der Waals surface area contributed by atoms with Gasteiger partial charge in [0.15, 0.2) is 5.78 Å². The largest absolute Gasteiger partial charge is 0.423 e. The predicted octanol–water partition coefficient (Wildman–Crippen LogP) is 5.45. The second-order valence-electron chi connectivity index (χ2n) is 10.2. The van der Waals surface area contributed by atoms with Crippen LogP contribution in [0.5, 0.6) is 5.75 Å². The number of hydrazine groups is 1. The molecule has 0 unspecified atom stereocenters. The zero-order valence-electron chi connectivity index (χ0n) is 22.5. The highest BCUT2D eigenvalue weighted by molar-refractivity contribution is 6.34. The Morgan fingerprint density at radius 3 is 2.20 bits per heavy atom. The normalized spacial score (nSPS) is 18.0. The second kappa shape index (κ2) is 11.5. The van der Waals surface area contributed by atoms with Gasteiger partial charge in [-0.2, -0.15) is 5.01 Å². The van der Waals surface area contributed by atoms with Gasteiger partial charge in [-0.25, -0.2) is 9.80 Å². The average molecular weight is 571 g/mol. The van der Waals surface area contributed by atoms with Crippen LogP contribution in [0.4, 0.5) is 0 Å². The zero-order chi connectivity index (χ0) is 29.3. The maximum Gasteiger partial charge on any atom is 0.343 e. The molecular formula is C32H27ClN2O6. The minimum atomic E-state index is -0.738. The van der Waals surface area contributed by atoms with Crippen molar-refractivity contribution < 1.29 is 28.7 Å². The van der Waals surface area contributed by atoms with Crippen LogP contribution >= 0.6 is 11.6 Å². The fourth-order valence-corrected chi connectivity index (χ4v) is 5.27. The molecule has 1 aliphatic carbocycles. The third-order valence-corrected chi connectivity index (χ3v) is 7.68. The van der Waals surface area contributed by atoms with Gasteiger partial charge in [-0.05, 0) is 75.2 Å². The Morgan fingerprint density at radius 2 is 1.51 bits per heavy atom. The fourth-order valence-electron chi connectivity index (χ4n) is 5.06. The second-order valence-corrected chi connectivity index (χ2v) is 10.6. The van der Waals surface area contributed by atoms with Crippen molar-refractivity contribution in [2.45, 2.75) is 26.7 Å². The number of ketones is 1. The van der Waals surface area contributed by atoms with Crippen LogP contribution in [0.1, 0.15) is 56.4 Å². The smallest absolute Gasteiger partial charge is 0.343 e. The van der Waals surface area contributed by atoms with Crippen molar-refractivity contribution in [2.75, 3.05) is 6.54 Å². The highest BCUT2D eigenvalue weighted by Gasteiger charge is 2.51. The molecule has 0 aromatic heterocycles. The molecule has 0 N–H and O–H groups in total. The van der Waals surface area contributed by atoms with Crippen LogP contribution in [0, 0.1) is 18.8 Å². The van der Waals surface area contributed by atoms with Crippen molar-refractivity contribution in [3.05, 3.63) is 112 Å². The summed E-state index contributed by atoms with van der Waals surface area (Å²) in [6.07, 6.45) is 2.73. The molecule has 9 heteroatoms. The highest BCUT2D eigenvalue weighted by Crippen LogP contribution is 2.39. The molecule has 0 spiro atoms. The SMILES string of the molecule is CC1=CC[C@@H]2C(=O)N(N(CC(=O)c3ccc(OC(=O)c4ccc(C)cc4)cc3)C(=O)c3ccccc3Cl)C(=O)[C@H]2C1. The summed E-state index contributed by atoms with van der Waals surface area (Å²) in [4.78, 5) is 66.4. The number of hydrogen-bond acceptors (Lipinski definition) is 6.